The van der Waals surface area contributed by atoms with Crippen LogP contribution in [0.3, 0.4) is 0 Å². The van der Waals surface area contributed by atoms with E-state index in [1.54, 1.807) is 30.3 Å². The van der Waals surface area contributed by atoms with Crippen molar-refractivity contribution in [1.29, 1.82) is 0 Å². The molecule has 17 heavy (non-hydrogen) atoms. The molecule has 2 N–H and O–H groups in total. The molecule has 1 aromatic heterocycles. The van der Waals surface area contributed by atoms with Gasteiger partial charge in [-0.05, 0) is 6.07 Å². The number of hydrogen-bond donors (Lipinski definition) is 2. The number of rotatable bonds is 4. The van der Waals surface area contributed by atoms with Gasteiger partial charge in [-0.3, -0.25) is 4.79 Å². The highest BCUT2D eigenvalue weighted by atomic mass is 16.5. The normalized spacial score (nSPS) is 10.1. The number of nitrogens with zero attached hydrogens (tertiary/aromatic N) is 1. The number of carbonyl (C=O) groups is 1. The summed E-state index contributed by atoms with van der Waals surface area (Å²) in [7, 11) is 0. The van der Waals surface area contributed by atoms with Crippen LogP contribution in [0.4, 0.5) is 0 Å². The van der Waals surface area contributed by atoms with Gasteiger partial charge in [-0.2, -0.15) is 0 Å². The van der Waals surface area contributed by atoms with Crippen molar-refractivity contribution in [2.75, 3.05) is 0 Å². The van der Waals surface area contributed by atoms with E-state index in [-0.39, 0.29) is 18.1 Å². The van der Waals surface area contributed by atoms with Crippen LogP contribution in [0.5, 0.6) is 5.75 Å². The number of nitrogens with one attached hydrogen (secondary N) is 1. The lowest BCUT2D eigenvalue weighted by Crippen LogP contribution is -2.24. The third-order valence-electron chi connectivity index (χ3n) is 2.29. The van der Waals surface area contributed by atoms with Gasteiger partial charge in [0.1, 0.15) is 5.75 Å². The Bertz CT molecular complexity index is 494. The minimum absolute atomic E-state index is 0.127. The predicted molar refractivity (Wildman–Crippen MR) is 60.2 cm³/mol. The average Bonchev–Trinajstić information content (AvgIpc) is 2.82. The Labute approximate surface area is 98.1 Å². The molecule has 0 radical (unpaired) electrons. The molecular formula is C12H12N2O3. The van der Waals surface area contributed by atoms with Crippen LogP contribution in [0.25, 0.3) is 0 Å². The smallest absolute Gasteiger partial charge is 0.224 e. The monoisotopic (exact) mass is 232 g/mol. The van der Waals surface area contributed by atoms with Crippen molar-refractivity contribution in [3.05, 3.63) is 47.9 Å². The molecule has 0 saturated carbocycles. The first kappa shape index (κ1) is 11.2. The first-order valence-corrected chi connectivity index (χ1v) is 5.19. The maximum Gasteiger partial charge on any atom is 0.224 e. The minimum Gasteiger partial charge on any atom is -0.508 e. The van der Waals surface area contributed by atoms with Gasteiger partial charge in [0.25, 0.3) is 0 Å². The minimum atomic E-state index is -0.178. The molecule has 5 nitrogen and oxygen atoms in total. The first-order valence-electron chi connectivity index (χ1n) is 5.19. The van der Waals surface area contributed by atoms with E-state index in [2.05, 4.69) is 10.5 Å². The Morgan fingerprint density at radius 3 is 2.88 bits per heavy atom. The van der Waals surface area contributed by atoms with Gasteiger partial charge in [-0.25, -0.2) is 0 Å². The topological polar surface area (TPSA) is 75.4 Å². The van der Waals surface area contributed by atoms with Gasteiger partial charge in [0.2, 0.25) is 5.91 Å². The van der Waals surface area contributed by atoms with E-state index in [0.29, 0.717) is 17.9 Å². The number of aromatic nitrogens is 1. The van der Waals surface area contributed by atoms with Crippen LogP contribution in [0.15, 0.2) is 41.1 Å². The van der Waals surface area contributed by atoms with Crippen LogP contribution < -0.4 is 5.32 Å². The molecular weight excluding hydrogens is 220 g/mol. The summed E-state index contributed by atoms with van der Waals surface area (Å²) in [5, 5.41) is 15.7. The highest BCUT2D eigenvalue weighted by molar-refractivity contribution is 5.79. The third-order valence-corrected chi connectivity index (χ3v) is 2.29. The molecule has 0 saturated heterocycles. The van der Waals surface area contributed by atoms with Crippen molar-refractivity contribution in [2.24, 2.45) is 0 Å². The van der Waals surface area contributed by atoms with Gasteiger partial charge in [0.15, 0.2) is 5.76 Å². The zero-order valence-corrected chi connectivity index (χ0v) is 9.09. The Morgan fingerprint density at radius 1 is 1.35 bits per heavy atom. The van der Waals surface area contributed by atoms with Gasteiger partial charge in [0, 0.05) is 11.6 Å². The number of amides is 1. The molecule has 2 rings (SSSR count). The largest absolute Gasteiger partial charge is 0.508 e. The van der Waals surface area contributed by atoms with Crippen molar-refractivity contribution in [3.63, 3.8) is 0 Å². The van der Waals surface area contributed by atoms with Crippen molar-refractivity contribution < 1.29 is 14.4 Å². The van der Waals surface area contributed by atoms with Gasteiger partial charge >= 0.3 is 0 Å². The summed E-state index contributed by atoms with van der Waals surface area (Å²) in [5.41, 5.74) is 0.600. The van der Waals surface area contributed by atoms with E-state index in [1.165, 1.54) is 6.20 Å². The number of para-hydroxylation sites is 1. The lowest BCUT2D eigenvalue weighted by atomic mass is 10.1. The summed E-state index contributed by atoms with van der Waals surface area (Å²) in [6.07, 6.45) is 1.66. The second kappa shape index (κ2) is 5.16. The van der Waals surface area contributed by atoms with Crippen LogP contribution in [0, 0.1) is 0 Å². The maximum atomic E-state index is 11.6. The molecule has 1 amide bonds. The molecule has 0 spiro atoms. The van der Waals surface area contributed by atoms with E-state index in [0.717, 1.165) is 0 Å². The quantitative estimate of drug-likeness (QED) is 0.831. The van der Waals surface area contributed by atoms with Crippen LogP contribution in [0.2, 0.25) is 0 Å². The predicted octanol–water partition coefficient (Wildman–Crippen LogP) is 1.24. The van der Waals surface area contributed by atoms with Crippen LogP contribution in [-0.4, -0.2) is 16.2 Å². The molecule has 0 aliphatic carbocycles. The number of phenolic OH excluding ortho intramolecular Hbond substituents is 1. The molecule has 88 valence electrons. The van der Waals surface area contributed by atoms with Crippen molar-refractivity contribution in [1.82, 2.24) is 10.5 Å². The number of carbonyl (C=O) groups excluding carboxylic acids is 1. The standard InChI is InChI=1S/C12H12N2O3/c15-11-4-2-1-3-9(11)7-12(16)13-8-10-5-6-14-17-10/h1-6,15H,7-8H2,(H,13,16). The maximum absolute atomic E-state index is 11.6. The Morgan fingerprint density at radius 2 is 2.18 bits per heavy atom. The Kier molecular flexibility index (Phi) is 3.40. The van der Waals surface area contributed by atoms with Gasteiger partial charge in [0.05, 0.1) is 19.2 Å². The highest BCUT2D eigenvalue weighted by Gasteiger charge is 2.07. The molecule has 0 bridgehead atoms. The van der Waals surface area contributed by atoms with Crippen molar-refractivity contribution >= 4 is 5.91 Å². The lowest BCUT2D eigenvalue weighted by Gasteiger charge is -2.04. The van der Waals surface area contributed by atoms with Crippen LogP contribution in [-0.2, 0) is 17.8 Å². The average molecular weight is 232 g/mol. The molecule has 5 heteroatoms. The number of aromatic hydroxyl groups is 1. The fourth-order valence-electron chi connectivity index (χ4n) is 1.41. The van der Waals surface area contributed by atoms with E-state index in [9.17, 15) is 9.90 Å². The Balaban J connectivity index is 1.87. The summed E-state index contributed by atoms with van der Waals surface area (Å²) < 4.78 is 4.84. The van der Waals surface area contributed by atoms with Gasteiger partial charge in [-0.15, -0.1) is 0 Å². The van der Waals surface area contributed by atoms with E-state index in [1.807, 2.05) is 0 Å². The Hall–Kier alpha value is -2.30. The van der Waals surface area contributed by atoms with Gasteiger partial charge in [-0.1, -0.05) is 23.4 Å². The fourth-order valence-corrected chi connectivity index (χ4v) is 1.41. The SMILES string of the molecule is O=C(Cc1ccccc1O)NCc1ccno1. The van der Waals surface area contributed by atoms with Gasteiger partial charge < -0.3 is 14.9 Å². The molecule has 0 unspecified atom stereocenters. The molecule has 0 aliphatic heterocycles. The summed E-state index contributed by atoms with van der Waals surface area (Å²) >= 11 is 0. The molecule has 0 aliphatic rings. The highest BCUT2D eigenvalue weighted by Crippen LogP contribution is 2.15. The third kappa shape index (κ3) is 3.07. The molecule has 0 fully saturated rings. The van der Waals surface area contributed by atoms with Crippen molar-refractivity contribution in [2.45, 2.75) is 13.0 Å². The van der Waals surface area contributed by atoms with E-state index >= 15 is 0 Å². The number of phenols is 1. The molecule has 1 aromatic carbocycles. The van der Waals surface area contributed by atoms with E-state index in [4.69, 9.17) is 4.52 Å². The zero-order chi connectivity index (χ0) is 12.1. The van der Waals surface area contributed by atoms with Crippen molar-refractivity contribution in [3.8, 4) is 5.75 Å². The van der Waals surface area contributed by atoms with Crippen LogP contribution in [0.1, 0.15) is 11.3 Å². The number of hydrogen-bond acceptors (Lipinski definition) is 4. The fraction of sp³-hybridized carbons (Fsp3) is 0.167. The molecule has 2 aromatic rings. The molecule has 1 heterocycles. The second-order valence-electron chi connectivity index (χ2n) is 3.56. The number of benzene rings is 1. The lowest BCUT2D eigenvalue weighted by molar-refractivity contribution is -0.120. The molecule has 0 atom stereocenters. The zero-order valence-electron chi connectivity index (χ0n) is 9.09. The first-order chi connectivity index (χ1) is 8.25. The van der Waals surface area contributed by atoms with E-state index < -0.39 is 0 Å². The summed E-state index contributed by atoms with van der Waals surface area (Å²) in [5.74, 6) is 0.542. The summed E-state index contributed by atoms with van der Waals surface area (Å²) in [6.45, 7) is 0.298. The summed E-state index contributed by atoms with van der Waals surface area (Å²) in [6, 6.07) is 8.44. The second-order valence-corrected chi connectivity index (χ2v) is 3.56. The van der Waals surface area contributed by atoms with Crippen LogP contribution >= 0.6 is 0 Å². The summed E-state index contributed by atoms with van der Waals surface area (Å²) in [4.78, 5) is 11.6.